The van der Waals surface area contributed by atoms with Gasteiger partial charge in [-0.05, 0) is 52.9 Å². The Morgan fingerprint density at radius 2 is 1.60 bits per heavy atom. The lowest BCUT2D eigenvalue weighted by Gasteiger charge is -2.39. The van der Waals surface area contributed by atoms with Gasteiger partial charge in [-0.3, -0.25) is 9.59 Å². The number of ether oxygens (including phenoxy) is 1. The second kappa shape index (κ2) is 6.96. The SMILES string of the molecule is CC(=O)[C@H](C(C)C)N1CCC2(CCN(C(=O)OC(C)(C)C)CC2)C1=O. The molecule has 2 fully saturated rings. The van der Waals surface area contributed by atoms with Crippen molar-refractivity contribution in [2.24, 2.45) is 11.3 Å². The monoisotopic (exact) mass is 352 g/mol. The van der Waals surface area contributed by atoms with Crippen LogP contribution in [-0.4, -0.2) is 58.9 Å². The highest BCUT2D eigenvalue weighted by molar-refractivity contribution is 5.91. The summed E-state index contributed by atoms with van der Waals surface area (Å²) >= 11 is 0. The Morgan fingerprint density at radius 1 is 1.08 bits per heavy atom. The number of nitrogens with zero attached hydrogens (tertiary/aromatic N) is 2. The van der Waals surface area contributed by atoms with Crippen molar-refractivity contribution in [3.63, 3.8) is 0 Å². The van der Waals surface area contributed by atoms with E-state index in [4.69, 9.17) is 4.74 Å². The second-order valence-corrected chi connectivity index (χ2v) is 8.80. The molecule has 0 radical (unpaired) electrons. The van der Waals surface area contributed by atoms with Gasteiger partial charge in [0, 0.05) is 19.6 Å². The van der Waals surface area contributed by atoms with Gasteiger partial charge in [0.15, 0.2) is 5.78 Å². The number of piperidine rings is 1. The molecule has 142 valence electrons. The minimum absolute atomic E-state index is 0.0478. The van der Waals surface area contributed by atoms with Crippen LogP contribution in [0.2, 0.25) is 0 Å². The minimum Gasteiger partial charge on any atom is -0.444 e. The van der Waals surface area contributed by atoms with Crippen molar-refractivity contribution < 1.29 is 19.1 Å². The van der Waals surface area contributed by atoms with Crippen LogP contribution in [0.1, 0.15) is 60.8 Å². The van der Waals surface area contributed by atoms with Gasteiger partial charge < -0.3 is 14.5 Å². The van der Waals surface area contributed by atoms with Crippen LogP contribution in [0.25, 0.3) is 0 Å². The zero-order valence-corrected chi connectivity index (χ0v) is 16.4. The third-order valence-electron chi connectivity index (χ3n) is 5.30. The van der Waals surface area contributed by atoms with E-state index in [9.17, 15) is 14.4 Å². The lowest BCUT2D eigenvalue weighted by atomic mass is 9.77. The van der Waals surface area contributed by atoms with E-state index in [1.807, 2.05) is 34.6 Å². The van der Waals surface area contributed by atoms with Crippen molar-refractivity contribution in [3.8, 4) is 0 Å². The molecule has 0 N–H and O–H groups in total. The lowest BCUT2D eigenvalue weighted by Crippen LogP contribution is -2.51. The maximum absolute atomic E-state index is 13.1. The van der Waals surface area contributed by atoms with Crippen molar-refractivity contribution in [2.75, 3.05) is 19.6 Å². The molecule has 0 bridgehead atoms. The first-order valence-electron chi connectivity index (χ1n) is 9.26. The molecule has 2 aliphatic rings. The van der Waals surface area contributed by atoms with Crippen molar-refractivity contribution in [3.05, 3.63) is 0 Å². The molecule has 6 nitrogen and oxygen atoms in total. The summed E-state index contributed by atoms with van der Waals surface area (Å²) in [4.78, 5) is 40.8. The van der Waals surface area contributed by atoms with Gasteiger partial charge in [0.25, 0.3) is 0 Å². The molecule has 2 aliphatic heterocycles. The predicted molar refractivity (Wildman–Crippen MR) is 95.1 cm³/mol. The summed E-state index contributed by atoms with van der Waals surface area (Å²) in [5.74, 6) is 0.246. The zero-order chi connectivity index (χ0) is 19.0. The molecule has 0 aliphatic carbocycles. The van der Waals surface area contributed by atoms with Gasteiger partial charge in [0.2, 0.25) is 5.91 Å². The normalized spacial score (nSPS) is 21.8. The second-order valence-electron chi connectivity index (χ2n) is 8.80. The summed E-state index contributed by atoms with van der Waals surface area (Å²) in [7, 11) is 0. The molecule has 0 aromatic rings. The topological polar surface area (TPSA) is 66.9 Å². The molecular formula is C19H32N2O4. The van der Waals surface area contributed by atoms with Crippen molar-refractivity contribution in [1.82, 2.24) is 9.80 Å². The summed E-state index contributed by atoms with van der Waals surface area (Å²) in [6.45, 7) is 12.8. The molecule has 6 heteroatoms. The highest BCUT2D eigenvalue weighted by Gasteiger charge is 2.51. The molecule has 2 saturated heterocycles. The summed E-state index contributed by atoms with van der Waals surface area (Å²) < 4.78 is 5.42. The Morgan fingerprint density at radius 3 is 2.04 bits per heavy atom. The Kier molecular flexibility index (Phi) is 5.50. The van der Waals surface area contributed by atoms with Crippen LogP contribution in [-0.2, 0) is 14.3 Å². The smallest absolute Gasteiger partial charge is 0.410 e. The first kappa shape index (κ1) is 19.7. The average molecular weight is 352 g/mol. The third kappa shape index (κ3) is 4.15. The number of amides is 2. The molecule has 0 unspecified atom stereocenters. The van der Waals surface area contributed by atoms with Crippen LogP contribution in [0.3, 0.4) is 0 Å². The molecule has 0 saturated carbocycles. The Labute approximate surface area is 150 Å². The number of hydrogen-bond acceptors (Lipinski definition) is 4. The maximum atomic E-state index is 13.1. The van der Waals surface area contributed by atoms with Gasteiger partial charge in [0.05, 0.1) is 11.5 Å². The number of Topliss-reactive ketones (excluding diaryl/α,β-unsaturated/α-hetero) is 1. The van der Waals surface area contributed by atoms with Gasteiger partial charge in [-0.15, -0.1) is 0 Å². The van der Waals surface area contributed by atoms with Crippen LogP contribution in [0.5, 0.6) is 0 Å². The van der Waals surface area contributed by atoms with Crippen molar-refractivity contribution in [2.45, 2.75) is 72.4 Å². The molecule has 0 aromatic heterocycles. The summed E-state index contributed by atoms with van der Waals surface area (Å²) in [6, 6.07) is -0.337. The number of likely N-dealkylation sites (tertiary alicyclic amines) is 2. The van der Waals surface area contributed by atoms with E-state index in [0.717, 1.165) is 6.42 Å². The van der Waals surface area contributed by atoms with E-state index >= 15 is 0 Å². The first-order chi connectivity index (χ1) is 11.5. The van der Waals surface area contributed by atoms with Crippen LogP contribution in [0.15, 0.2) is 0 Å². The standard InChI is InChI=1S/C19H32N2O4/c1-13(2)15(14(3)22)21-12-9-19(16(21)23)7-10-20(11-8-19)17(24)25-18(4,5)6/h13,15H,7-12H2,1-6H3/t15-/m0/s1. The molecule has 2 heterocycles. The molecule has 2 rings (SSSR count). The predicted octanol–water partition coefficient (Wildman–Crippen LogP) is 2.85. The van der Waals surface area contributed by atoms with Gasteiger partial charge in [0.1, 0.15) is 5.60 Å². The molecule has 25 heavy (non-hydrogen) atoms. The van der Waals surface area contributed by atoms with E-state index in [1.54, 1.807) is 16.7 Å². The Bertz CT molecular complexity index is 542. The first-order valence-corrected chi connectivity index (χ1v) is 9.26. The van der Waals surface area contributed by atoms with Crippen LogP contribution in [0, 0.1) is 11.3 Å². The number of carbonyl (C=O) groups is 3. The molecule has 1 atom stereocenters. The van der Waals surface area contributed by atoms with Gasteiger partial charge >= 0.3 is 6.09 Å². The quantitative estimate of drug-likeness (QED) is 0.783. The van der Waals surface area contributed by atoms with Gasteiger partial charge in [-0.2, -0.15) is 0 Å². The van der Waals surface area contributed by atoms with E-state index < -0.39 is 11.0 Å². The van der Waals surface area contributed by atoms with Gasteiger partial charge in [-0.1, -0.05) is 13.8 Å². The Balaban J connectivity index is 2.03. The number of hydrogen-bond donors (Lipinski definition) is 0. The largest absolute Gasteiger partial charge is 0.444 e. The van der Waals surface area contributed by atoms with Crippen molar-refractivity contribution >= 4 is 17.8 Å². The average Bonchev–Trinajstić information content (AvgIpc) is 2.75. The summed E-state index contributed by atoms with van der Waals surface area (Å²) in [5.41, 5.74) is -0.931. The summed E-state index contributed by atoms with van der Waals surface area (Å²) in [6.07, 6.45) is 1.74. The highest BCUT2D eigenvalue weighted by Crippen LogP contribution is 2.43. The fourth-order valence-electron chi connectivity index (χ4n) is 4.07. The summed E-state index contributed by atoms with van der Waals surface area (Å²) in [5, 5.41) is 0. The van der Waals surface area contributed by atoms with Crippen LogP contribution >= 0.6 is 0 Å². The minimum atomic E-state index is -0.516. The molecule has 2 amide bonds. The fourth-order valence-corrected chi connectivity index (χ4v) is 4.07. The maximum Gasteiger partial charge on any atom is 0.410 e. The Hall–Kier alpha value is -1.59. The van der Waals surface area contributed by atoms with Crippen molar-refractivity contribution in [1.29, 1.82) is 0 Å². The van der Waals surface area contributed by atoms with Gasteiger partial charge in [-0.25, -0.2) is 4.79 Å². The van der Waals surface area contributed by atoms with Crippen LogP contribution in [0.4, 0.5) is 4.79 Å². The molecular weight excluding hydrogens is 320 g/mol. The van der Waals surface area contributed by atoms with E-state index in [0.29, 0.717) is 32.5 Å². The van der Waals surface area contributed by atoms with E-state index in [2.05, 4.69) is 0 Å². The molecule has 0 aromatic carbocycles. The fraction of sp³-hybridized carbons (Fsp3) is 0.842. The van der Waals surface area contributed by atoms with E-state index in [-0.39, 0.29) is 29.7 Å². The highest BCUT2D eigenvalue weighted by atomic mass is 16.6. The number of ketones is 1. The van der Waals surface area contributed by atoms with Crippen LogP contribution < -0.4 is 0 Å². The number of carbonyl (C=O) groups excluding carboxylic acids is 3. The molecule has 1 spiro atoms. The lowest BCUT2D eigenvalue weighted by molar-refractivity contribution is -0.144. The zero-order valence-electron chi connectivity index (χ0n) is 16.4. The van der Waals surface area contributed by atoms with E-state index in [1.165, 1.54) is 0 Å². The number of rotatable bonds is 3. The third-order valence-corrected chi connectivity index (χ3v) is 5.30.